The van der Waals surface area contributed by atoms with Crippen LogP contribution in [0.3, 0.4) is 0 Å². The summed E-state index contributed by atoms with van der Waals surface area (Å²) in [5.74, 6) is 0.417. The number of benzene rings is 1. The number of carbonyl (C=O) groups excluding carboxylic acids is 1. The summed E-state index contributed by atoms with van der Waals surface area (Å²) in [4.78, 5) is 13.7. The predicted molar refractivity (Wildman–Crippen MR) is 84.1 cm³/mol. The van der Waals surface area contributed by atoms with E-state index in [-0.39, 0.29) is 0 Å². The molecule has 0 saturated heterocycles. The molecule has 1 heterocycles. The van der Waals surface area contributed by atoms with Crippen LogP contribution in [0, 0.1) is 0 Å². The third-order valence-electron chi connectivity index (χ3n) is 4.57. The molecular formula is C17H23N3O. The van der Waals surface area contributed by atoms with E-state index < -0.39 is 0 Å². The molecule has 0 amide bonds. The molecule has 0 aliphatic heterocycles. The number of Topliss-reactive ketones (excluding diaryl/α,β-unsaturated/α-hetero) is 1. The van der Waals surface area contributed by atoms with E-state index in [1.807, 2.05) is 0 Å². The van der Waals surface area contributed by atoms with Crippen LogP contribution in [-0.2, 0) is 17.9 Å². The number of hydrogen-bond acceptors (Lipinski definition) is 3. The van der Waals surface area contributed by atoms with Crippen LogP contribution in [0.15, 0.2) is 24.3 Å². The molecule has 0 radical (unpaired) electrons. The zero-order valence-electron chi connectivity index (χ0n) is 12.9. The summed E-state index contributed by atoms with van der Waals surface area (Å²) in [6.45, 7) is 3.87. The number of para-hydroxylation sites is 1. The standard InChI is InChI=1S/C17H23N3O/c1-3-20-17-7-5-4-6-15(17)16(18-20)12-19(2)13-8-10-14(21)11-9-13/h4-7,13H,3,8-12H2,1-2H3. The Hall–Kier alpha value is -1.68. The van der Waals surface area contributed by atoms with E-state index in [4.69, 9.17) is 5.10 Å². The molecule has 0 atom stereocenters. The zero-order valence-corrected chi connectivity index (χ0v) is 12.9. The highest BCUT2D eigenvalue weighted by molar-refractivity contribution is 5.82. The Morgan fingerprint density at radius 3 is 2.71 bits per heavy atom. The molecule has 1 aliphatic carbocycles. The van der Waals surface area contributed by atoms with E-state index in [1.54, 1.807) is 0 Å². The predicted octanol–water partition coefficient (Wildman–Crippen LogP) is 3.00. The van der Waals surface area contributed by atoms with Gasteiger partial charge in [0.15, 0.2) is 0 Å². The summed E-state index contributed by atoms with van der Waals surface area (Å²) in [6, 6.07) is 8.94. The van der Waals surface area contributed by atoms with Crippen LogP contribution in [0.2, 0.25) is 0 Å². The van der Waals surface area contributed by atoms with Gasteiger partial charge in [-0.15, -0.1) is 0 Å². The molecule has 1 fully saturated rings. The molecule has 1 aromatic heterocycles. The molecule has 0 spiro atoms. The van der Waals surface area contributed by atoms with Gasteiger partial charge in [-0.05, 0) is 32.9 Å². The average Bonchev–Trinajstić information content (AvgIpc) is 2.86. The lowest BCUT2D eigenvalue weighted by Gasteiger charge is -2.30. The van der Waals surface area contributed by atoms with E-state index in [2.05, 4.69) is 47.8 Å². The van der Waals surface area contributed by atoms with Gasteiger partial charge >= 0.3 is 0 Å². The Kier molecular flexibility index (Phi) is 4.06. The summed E-state index contributed by atoms with van der Waals surface area (Å²) in [5, 5.41) is 6.01. The number of nitrogens with zero attached hydrogens (tertiary/aromatic N) is 3. The molecule has 0 N–H and O–H groups in total. The number of carbonyl (C=O) groups is 1. The zero-order chi connectivity index (χ0) is 14.8. The number of hydrogen-bond donors (Lipinski definition) is 0. The topological polar surface area (TPSA) is 38.1 Å². The van der Waals surface area contributed by atoms with Crippen molar-refractivity contribution in [2.75, 3.05) is 7.05 Å². The molecule has 2 aromatic rings. The van der Waals surface area contributed by atoms with Gasteiger partial charge in [0, 0.05) is 37.4 Å². The van der Waals surface area contributed by atoms with Gasteiger partial charge in [0.25, 0.3) is 0 Å². The summed E-state index contributed by atoms with van der Waals surface area (Å²) in [7, 11) is 2.15. The quantitative estimate of drug-likeness (QED) is 0.866. The van der Waals surface area contributed by atoms with E-state index in [1.165, 1.54) is 10.9 Å². The molecule has 21 heavy (non-hydrogen) atoms. The minimum absolute atomic E-state index is 0.417. The van der Waals surface area contributed by atoms with Gasteiger partial charge in [-0.2, -0.15) is 5.10 Å². The molecular weight excluding hydrogens is 262 g/mol. The Morgan fingerprint density at radius 1 is 1.29 bits per heavy atom. The van der Waals surface area contributed by atoms with Crippen molar-refractivity contribution in [1.82, 2.24) is 14.7 Å². The number of aromatic nitrogens is 2. The van der Waals surface area contributed by atoms with Crippen molar-refractivity contribution in [2.45, 2.75) is 51.7 Å². The van der Waals surface area contributed by atoms with E-state index in [0.717, 1.165) is 44.5 Å². The van der Waals surface area contributed by atoms with Crippen molar-refractivity contribution >= 4 is 16.7 Å². The van der Waals surface area contributed by atoms with Crippen molar-refractivity contribution in [1.29, 1.82) is 0 Å². The number of rotatable bonds is 4. The van der Waals surface area contributed by atoms with Crippen molar-refractivity contribution in [2.24, 2.45) is 0 Å². The van der Waals surface area contributed by atoms with Crippen molar-refractivity contribution in [3.63, 3.8) is 0 Å². The summed E-state index contributed by atoms with van der Waals surface area (Å²) >= 11 is 0. The minimum Gasteiger partial charge on any atom is -0.300 e. The van der Waals surface area contributed by atoms with Crippen LogP contribution in [-0.4, -0.2) is 33.6 Å². The highest BCUT2D eigenvalue weighted by atomic mass is 16.1. The number of aryl methyl sites for hydroxylation is 1. The SMILES string of the molecule is CCn1nc(CN(C)C2CCC(=O)CC2)c2ccccc21. The second-order valence-electron chi connectivity index (χ2n) is 5.96. The highest BCUT2D eigenvalue weighted by Crippen LogP contribution is 2.24. The Morgan fingerprint density at radius 2 is 2.00 bits per heavy atom. The van der Waals surface area contributed by atoms with Gasteiger partial charge in [0.05, 0.1) is 11.2 Å². The van der Waals surface area contributed by atoms with E-state index in [9.17, 15) is 4.79 Å². The van der Waals surface area contributed by atoms with Crippen LogP contribution in [0.1, 0.15) is 38.3 Å². The van der Waals surface area contributed by atoms with E-state index >= 15 is 0 Å². The number of ketones is 1. The molecule has 1 aromatic carbocycles. The first-order valence-electron chi connectivity index (χ1n) is 7.85. The fourth-order valence-electron chi connectivity index (χ4n) is 3.28. The second kappa shape index (κ2) is 5.98. The molecule has 0 unspecified atom stereocenters. The van der Waals surface area contributed by atoms with Gasteiger partial charge in [-0.1, -0.05) is 18.2 Å². The third kappa shape index (κ3) is 2.86. The first-order chi connectivity index (χ1) is 10.2. The molecule has 4 nitrogen and oxygen atoms in total. The monoisotopic (exact) mass is 285 g/mol. The molecule has 112 valence electrons. The first kappa shape index (κ1) is 14.3. The largest absolute Gasteiger partial charge is 0.300 e. The average molecular weight is 285 g/mol. The van der Waals surface area contributed by atoms with Gasteiger partial charge in [-0.25, -0.2) is 0 Å². The van der Waals surface area contributed by atoms with Crippen LogP contribution in [0.25, 0.3) is 10.9 Å². The molecule has 1 saturated carbocycles. The minimum atomic E-state index is 0.417. The fourth-order valence-corrected chi connectivity index (χ4v) is 3.28. The lowest BCUT2D eigenvalue weighted by atomic mass is 9.93. The maximum Gasteiger partial charge on any atom is 0.133 e. The second-order valence-corrected chi connectivity index (χ2v) is 5.96. The maximum absolute atomic E-state index is 11.4. The first-order valence-corrected chi connectivity index (χ1v) is 7.85. The summed E-state index contributed by atoms with van der Waals surface area (Å²) < 4.78 is 2.07. The molecule has 0 bridgehead atoms. The number of fused-ring (bicyclic) bond motifs is 1. The third-order valence-corrected chi connectivity index (χ3v) is 4.57. The van der Waals surface area contributed by atoms with Crippen LogP contribution in [0.5, 0.6) is 0 Å². The summed E-state index contributed by atoms with van der Waals surface area (Å²) in [6.07, 6.45) is 3.45. The Balaban J connectivity index is 1.79. The molecule has 4 heteroatoms. The Bertz CT molecular complexity index is 637. The van der Waals surface area contributed by atoms with Gasteiger partial charge < -0.3 is 0 Å². The highest BCUT2D eigenvalue weighted by Gasteiger charge is 2.23. The smallest absolute Gasteiger partial charge is 0.133 e. The van der Waals surface area contributed by atoms with Gasteiger partial charge in [0.1, 0.15) is 5.78 Å². The maximum atomic E-state index is 11.4. The Labute approximate surface area is 125 Å². The van der Waals surface area contributed by atoms with Gasteiger partial charge in [-0.3, -0.25) is 14.4 Å². The van der Waals surface area contributed by atoms with Crippen LogP contribution < -0.4 is 0 Å². The van der Waals surface area contributed by atoms with Crippen molar-refractivity contribution in [3.05, 3.63) is 30.0 Å². The van der Waals surface area contributed by atoms with Crippen LogP contribution >= 0.6 is 0 Å². The van der Waals surface area contributed by atoms with Crippen LogP contribution in [0.4, 0.5) is 0 Å². The molecule has 3 rings (SSSR count). The van der Waals surface area contributed by atoms with Crippen molar-refractivity contribution in [3.8, 4) is 0 Å². The van der Waals surface area contributed by atoms with E-state index in [0.29, 0.717) is 11.8 Å². The lowest BCUT2D eigenvalue weighted by molar-refractivity contribution is -0.121. The normalized spacial score (nSPS) is 17.0. The summed E-state index contributed by atoms with van der Waals surface area (Å²) in [5.41, 5.74) is 2.36. The van der Waals surface area contributed by atoms with Gasteiger partial charge in [0.2, 0.25) is 0 Å². The lowest BCUT2D eigenvalue weighted by Crippen LogP contribution is -2.35. The van der Waals surface area contributed by atoms with Crippen molar-refractivity contribution < 1.29 is 4.79 Å². The fraction of sp³-hybridized carbons (Fsp3) is 0.529. The molecule has 1 aliphatic rings.